The maximum absolute atomic E-state index is 6.78. The lowest BCUT2D eigenvalue weighted by Crippen LogP contribution is -2.52. The molecular weight excluding hydrogens is 554 g/mol. The van der Waals surface area contributed by atoms with Crippen LogP contribution >= 0.6 is 0 Å². The minimum Gasteiger partial charge on any atom is -0.356 e. The topological polar surface area (TPSA) is 109 Å². The molecule has 2 fully saturated rings. The molecule has 0 amide bonds. The van der Waals surface area contributed by atoms with E-state index in [1.165, 1.54) is 22.3 Å². The van der Waals surface area contributed by atoms with E-state index in [0.29, 0.717) is 0 Å². The van der Waals surface area contributed by atoms with Gasteiger partial charge in [0.05, 0.1) is 5.39 Å². The van der Waals surface area contributed by atoms with Crippen molar-refractivity contribution in [3.63, 3.8) is 0 Å². The number of nitrogens with one attached hydrogen (secondary N) is 2. The van der Waals surface area contributed by atoms with Gasteiger partial charge in [-0.1, -0.05) is 90.1 Å². The average Bonchev–Trinajstić information content (AvgIpc) is 3.47. The molecule has 7 heteroatoms. The van der Waals surface area contributed by atoms with Gasteiger partial charge in [-0.3, -0.25) is 0 Å². The van der Waals surface area contributed by atoms with E-state index in [4.69, 9.17) is 11.5 Å². The van der Waals surface area contributed by atoms with Gasteiger partial charge in [0.25, 0.3) is 0 Å². The fraction of sp³-hybridized carbons (Fsp3) is 0.526. The molecular formula is C38H55N7. The highest BCUT2D eigenvalue weighted by Crippen LogP contribution is 2.31. The van der Waals surface area contributed by atoms with Gasteiger partial charge in [0.2, 0.25) is 0 Å². The molecule has 6 rings (SSSR count). The maximum Gasteiger partial charge on any atom is 0.142 e. The summed E-state index contributed by atoms with van der Waals surface area (Å²) in [6.07, 6.45) is 9.56. The van der Waals surface area contributed by atoms with Crippen molar-refractivity contribution >= 4 is 16.9 Å². The van der Waals surface area contributed by atoms with Gasteiger partial charge in [-0.05, 0) is 90.8 Å². The zero-order valence-corrected chi connectivity index (χ0v) is 28.4. The Balaban J connectivity index is 0.000000194. The molecule has 2 aromatic carbocycles. The number of hydrogen-bond acceptors (Lipinski definition) is 6. The van der Waals surface area contributed by atoms with Crippen LogP contribution in [-0.2, 0) is 23.7 Å². The fourth-order valence-electron chi connectivity index (χ4n) is 6.61. The van der Waals surface area contributed by atoms with Crippen molar-refractivity contribution in [1.29, 1.82) is 0 Å². The first-order valence-electron chi connectivity index (χ1n) is 16.7. The first-order chi connectivity index (χ1) is 21.2. The standard InChI is InChI=1S/C22H29N5.C16H26N2/c1-21(2,3)17-6-4-16(5-7-17)14-22(23)9-12-27(13-10-22)20-18-8-11-24-19(18)25-15-26-20;1-15(2,3)14-6-4-13(5-7-14)12-16(17)8-10-18-11-9-16/h4-8,11,15H,9-10,12-14,23H2,1-3H3,(H,24,25,26);4-7,18H,8-12,17H2,1-3H3. The highest BCUT2D eigenvalue weighted by Gasteiger charge is 2.32. The van der Waals surface area contributed by atoms with Gasteiger partial charge >= 0.3 is 0 Å². The van der Waals surface area contributed by atoms with Gasteiger partial charge < -0.3 is 26.7 Å². The van der Waals surface area contributed by atoms with E-state index in [9.17, 15) is 0 Å². The first kappa shape index (κ1) is 33.1. The van der Waals surface area contributed by atoms with Crippen LogP contribution < -0.4 is 21.7 Å². The summed E-state index contributed by atoms with van der Waals surface area (Å²) in [7, 11) is 0. The second-order valence-electron chi connectivity index (χ2n) is 15.6. The van der Waals surface area contributed by atoms with Gasteiger partial charge in [0.1, 0.15) is 17.8 Å². The van der Waals surface area contributed by atoms with Crippen LogP contribution in [0.4, 0.5) is 5.82 Å². The second kappa shape index (κ2) is 13.2. The number of aromatic amines is 1. The number of anilines is 1. The molecule has 0 spiro atoms. The number of benzene rings is 2. The highest BCUT2D eigenvalue weighted by atomic mass is 15.2. The van der Waals surface area contributed by atoms with Crippen molar-refractivity contribution in [2.24, 2.45) is 11.5 Å². The number of hydrogen-bond donors (Lipinski definition) is 4. The summed E-state index contributed by atoms with van der Waals surface area (Å²) in [6.45, 7) is 17.4. The maximum atomic E-state index is 6.78. The van der Waals surface area contributed by atoms with Gasteiger partial charge in [0.15, 0.2) is 0 Å². The van der Waals surface area contributed by atoms with Gasteiger partial charge in [-0.25, -0.2) is 9.97 Å². The third-order valence-corrected chi connectivity index (χ3v) is 9.74. The monoisotopic (exact) mass is 609 g/mol. The predicted molar refractivity (Wildman–Crippen MR) is 189 cm³/mol. The van der Waals surface area contributed by atoms with Crippen molar-refractivity contribution < 1.29 is 0 Å². The van der Waals surface area contributed by atoms with Gasteiger partial charge in [-0.2, -0.15) is 0 Å². The summed E-state index contributed by atoms with van der Waals surface area (Å²) in [5, 5.41) is 4.46. The molecule has 0 aliphatic carbocycles. The van der Waals surface area contributed by atoms with Crippen molar-refractivity contribution in [1.82, 2.24) is 20.3 Å². The molecule has 0 unspecified atom stereocenters. The molecule has 0 atom stereocenters. The Morgan fingerprint density at radius 3 is 1.67 bits per heavy atom. The van der Waals surface area contributed by atoms with E-state index < -0.39 is 0 Å². The van der Waals surface area contributed by atoms with Crippen molar-refractivity contribution in [2.45, 2.75) is 102 Å². The summed E-state index contributed by atoms with van der Waals surface area (Å²) in [5.74, 6) is 1.01. The number of rotatable bonds is 5. The largest absolute Gasteiger partial charge is 0.356 e. The molecule has 0 saturated carbocycles. The Hall–Kier alpha value is -3.26. The molecule has 6 N–H and O–H groups in total. The van der Waals surface area contributed by atoms with Gasteiger partial charge in [0, 0.05) is 30.4 Å². The SMILES string of the molecule is CC(C)(C)c1ccc(CC2(N)CCN(c3ncnc4[nH]ccc34)CC2)cc1.CC(C)(C)c1ccc(CC2(N)CCNCC2)cc1. The van der Waals surface area contributed by atoms with E-state index in [-0.39, 0.29) is 21.9 Å². The molecule has 0 radical (unpaired) electrons. The van der Waals surface area contributed by atoms with E-state index >= 15 is 0 Å². The normalized spacial score (nSPS) is 18.4. The third kappa shape index (κ3) is 8.51. The second-order valence-corrected chi connectivity index (χ2v) is 15.6. The minimum absolute atomic E-state index is 0.00546. The van der Waals surface area contributed by atoms with Crippen molar-refractivity contribution in [3.8, 4) is 0 Å². The molecule has 4 heterocycles. The zero-order chi connectivity index (χ0) is 32.3. The molecule has 4 aromatic rings. The molecule has 2 aliphatic heterocycles. The van der Waals surface area contributed by atoms with Crippen LogP contribution in [0.1, 0.15) is 89.5 Å². The number of H-pyrrole nitrogens is 1. The average molecular weight is 610 g/mol. The Morgan fingerprint density at radius 2 is 1.18 bits per heavy atom. The molecule has 2 saturated heterocycles. The number of nitrogens with two attached hydrogens (primary N) is 2. The molecule has 2 aromatic heterocycles. The lowest BCUT2D eigenvalue weighted by molar-refractivity contribution is 0.308. The Kier molecular flexibility index (Phi) is 9.73. The van der Waals surface area contributed by atoms with E-state index in [1.807, 2.05) is 12.3 Å². The van der Waals surface area contributed by atoms with Crippen molar-refractivity contribution in [2.75, 3.05) is 31.1 Å². The van der Waals surface area contributed by atoms with E-state index in [1.54, 1.807) is 6.33 Å². The molecule has 0 bridgehead atoms. The Labute approximate surface area is 270 Å². The van der Waals surface area contributed by atoms with Crippen LogP contribution in [0.2, 0.25) is 0 Å². The van der Waals surface area contributed by atoms with E-state index in [0.717, 1.165) is 81.6 Å². The highest BCUT2D eigenvalue weighted by molar-refractivity contribution is 5.87. The van der Waals surface area contributed by atoms with Crippen LogP contribution in [0, 0.1) is 0 Å². The summed E-state index contributed by atoms with van der Waals surface area (Å²) >= 11 is 0. The molecule has 2 aliphatic rings. The van der Waals surface area contributed by atoms with Crippen LogP contribution in [0.25, 0.3) is 11.0 Å². The predicted octanol–water partition coefficient (Wildman–Crippen LogP) is 6.40. The third-order valence-electron chi connectivity index (χ3n) is 9.74. The first-order valence-corrected chi connectivity index (χ1v) is 16.7. The van der Waals surface area contributed by atoms with Crippen LogP contribution in [-0.4, -0.2) is 52.2 Å². The molecule has 242 valence electrons. The Bertz CT molecular complexity index is 1510. The Morgan fingerprint density at radius 1 is 0.689 bits per heavy atom. The summed E-state index contributed by atoms with van der Waals surface area (Å²) in [4.78, 5) is 14.3. The minimum atomic E-state index is -0.149. The van der Waals surface area contributed by atoms with E-state index in [2.05, 4.69) is 115 Å². The number of fused-ring (bicyclic) bond motifs is 1. The number of nitrogens with zero attached hydrogens (tertiary/aromatic N) is 3. The lowest BCUT2D eigenvalue weighted by Gasteiger charge is -2.40. The van der Waals surface area contributed by atoms with Crippen LogP contribution in [0.3, 0.4) is 0 Å². The summed E-state index contributed by atoms with van der Waals surface area (Å²) < 4.78 is 0. The molecule has 7 nitrogen and oxygen atoms in total. The zero-order valence-electron chi connectivity index (χ0n) is 28.4. The quantitative estimate of drug-likeness (QED) is 0.208. The van der Waals surface area contributed by atoms with Crippen LogP contribution in [0.15, 0.2) is 67.1 Å². The summed E-state index contributed by atoms with van der Waals surface area (Å²) in [5.41, 5.74) is 19.9. The van der Waals surface area contributed by atoms with Crippen molar-refractivity contribution in [3.05, 3.63) is 89.4 Å². The number of piperidine rings is 2. The fourth-order valence-corrected chi connectivity index (χ4v) is 6.61. The molecule has 45 heavy (non-hydrogen) atoms. The van der Waals surface area contributed by atoms with Crippen LogP contribution in [0.5, 0.6) is 0 Å². The smallest absolute Gasteiger partial charge is 0.142 e. The lowest BCUT2D eigenvalue weighted by atomic mass is 9.81. The van der Waals surface area contributed by atoms with Gasteiger partial charge in [-0.15, -0.1) is 0 Å². The number of aromatic nitrogens is 3. The summed E-state index contributed by atoms with van der Waals surface area (Å²) in [6, 6.07) is 20.0.